The van der Waals surface area contributed by atoms with Gasteiger partial charge in [-0.05, 0) is 33.2 Å². The lowest BCUT2D eigenvalue weighted by Gasteiger charge is -2.26. The zero-order valence-corrected chi connectivity index (χ0v) is 12.2. The molecular weight excluding hydrogens is 242 g/mol. The first kappa shape index (κ1) is 15.7. The number of carboxylic acid groups (broad SMARTS) is 1. The van der Waals surface area contributed by atoms with E-state index >= 15 is 0 Å². The average Bonchev–Trinajstić information content (AvgIpc) is 2.75. The highest BCUT2D eigenvalue weighted by atomic mass is 16.4. The van der Waals surface area contributed by atoms with Crippen LogP contribution in [0.1, 0.15) is 45.7 Å². The van der Waals surface area contributed by atoms with Gasteiger partial charge in [0.2, 0.25) is 0 Å². The van der Waals surface area contributed by atoms with Gasteiger partial charge in [0.25, 0.3) is 0 Å². The monoisotopic (exact) mass is 267 g/mol. The molecule has 0 saturated carbocycles. The van der Waals surface area contributed by atoms with E-state index in [0.717, 1.165) is 26.1 Å². The Morgan fingerprint density at radius 3 is 2.84 bits per heavy atom. The Bertz CT molecular complexity index is 388. The van der Waals surface area contributed by atoms with E-state index in [9.17, 15) is 4.79 Å². The molecule has 0 aliphatic heterocycles. The molecule has 108 valence electrons. The fraction of sp³-hybridized carbons (Fsp3) is 0.714. The minimum atomic E-state index is -0.722. The summed E-state index contributed by atoms with van der Waals surface area (Å²) in [5, 5.41) is 8.70. The topological polar surface area (TPSA) is 58.4 Å². The van der Waals surface area contributed by atoms with E-state index in [1.165, 1.54) is 5.69 Å². The number of hydrogen-bond acceptors (Lipinski definition) is 3. The Morgan fingerprint density at radius 2 is 2.26 bits per heavy atom. The fourth-order valence-corrected chi connectivity index (χ4v) is 2.08. The summed E-state index contributed by atoms with van der Waals surface area (Å²) in [6.07, 6.45) is 5.79. The van der Waals surface area contributed by atoms with E-state index in [-0.39, 0.29) is 6.42 Å². The van der Waals surface area contributed by atoms with Crippen LogP contribution in [-0.2, 0) is 17.9 Å². The molecule has 0 saturated heterocycles. The van der Waals surface area contributed by atoms with Crippen LogP contribution in [0.4, 0.5) is 0 Å². The number of rotatable bonds is 9. The molecular formula is C14H25N3O2. The molecule has 1 heterocycles. The van der Waals surface area contributed by atoms with Crippen LogP contribution in [0.15, 0.2) is 12.5 Å². The Labute approximate surface area is 115 Å². The van der Waals surface area contributed by atoms with Gasteiger partial charge < -0.3 is 9.67 Å². The second kappa shape index (κ2) is 7.94. The first-order valence-corrected chi connectivity index (χ1v) is 6.99. The van der Waals surface area contributed by atoms with Gasteiger partial charge in [-0.2, -0.15) is 0 Å². The van der Waals surface area contributed by atoms with Crippen molar-refractivity contribution in [2.75, 3.05) is 6.54 Å². The lowest BCUT2D eigenvalue weighted by molar-refractivity contribution is -0.137. The molecule has 0 radical (unpaired) electrons. The Kier molecular flexibility index (Phi) is 6.56. The Balaban J connectivity index is 2.57. The van der Waals surface area contributed by atoms with Crippen molar-refractivity contribution in [1.82, 2.24) is 14.5 Å². The van der Waals surface area contributed by atoms with Crippen LogP contribution in [0, 0.1) is 0 Å². The van der Waals surface area contributed by atoms with Gasteiger partial charge in [0.1, 0.15) is 0 Å². The maximum Gasteiger partial charge on any atom is 0.303 e. The number of aryl methyl sites for hydroxylation is 1. The van der Waals surface area contributed by atoms with Gasteiger partial charge >= 0.3 is 5.97 Å². The lowest BCUT2D eigenvalue weighted by atomic mass is 10.2. The second-order valence-electron chi connectivity index (χ2n) is 5.14. The fourth-order valence-electron chi connectivity index (χ4n) is 2.08. The van der Waals surface area contributed by atoms with Crippen LogP contribution >= 0.6 is 0 Å². The molecule has 0 aliphatic carbocycles. The predicted octanol–water partition coefficient (Wildman–Crippen LogP) is 2.37. The van der Waals surface area contributed by atoms with E-state index in [0.29, 0.717) is 12.5 Å². The summed E-state index contributed by atoms with van der Waals surface area (Å²) in [6, 6.07) is 0.402. The van der Waals surface area contributed by atoms with E-state index < -0.39 is 5.97 Å². The van der Waals surface area contributed by atoms with Crippen LogP contribution in [0.25, 0.3) is 0 Å². The van der Waals surface area contributed by atoms with Crippen molar-refractivity contribution in [1.29, 1.82) is 0 Å². The summed E-state index contributed by atoms with van der Waals surface area (Å²) in [6.45, 7) is 9.05. The third-order valence-electron chi connectivity index (χ3n) is 3.19. The van der Waals surface area contributed by atoms with Gasteiger partial charge in [-0.3, -0.25) is 9.69 Å². The summed E-state index contributed by atoms with van der Waals surface area (Å²) in [4.78, 5) is 17.1. The van der Waals surface area contributed by atoms with Crippen molar-refractivity contribution in [3.63, 3.8) is 0 Å². The predicted molar refractivity (Wildman–Crippen MR) is 74.9 cm³/mol. The van der Waals surface area contributed by atoms with E-state index in [4.69, 9.17) is 5.11 Å². The molecule has 0 bridgehead atoms. The number of nitrogens with zero attached hydrogens (tertiary/aromatic N) is 3. The first-order valence-electron chi connectivity index (χ1n) is 6.99. The second-order valence-corrected chi connectivity index (χ2v) is 5.14. The molecule has 0 unspecified atom stereocenters. The van der Waals surface area contributed by atoms with Crippen molar-refractivity contribution < 1.29 is 9.90 Å². The van der Waals surface area contributed by atoms with Crippen molar-refractivity contribution >= 4 is 5.97 Å². The molecule has 0 atom stereocenters. The number of aliphatic carboxylic acids is 1. The molecule has 0 aliphatic rings. The Hall–Kier alpha value is -1.36. The van der Waals surface area contributed by atoms with Gasteiger partial charge in [0.15, 0.2) is 0 Å². The largest absolute Gasteiger partial charge is 0.481 e. The van der Waals surface area contributed by atoms with Crippen molar-refractivity contribution in [2.45, 2.75) is 59.2 Å². The number of imidazole rings is 1. The van der Waals surface area contributed by atoms with Crippen LogP contribution in [0.5, 0.6) is 0 Å². The first-order chi connectivity index (χ1) is 9.04. The van der Waals surface area contributed by atoms with Gasteiger partial charge in [-0.25, -0.2) is 4.98 Å². The molecule has 1 rings (SSSR count). The quantitative estimate of drug-likeness (QED) is 0.746. The van der Waals surface area contributed by atoms with Gasteiger partial charge in [0.05, 0.1) is 12.0 Å². The van der Waals surface area contributed by atoms with E-state index in [2.05, 4.69) is 35.2 Å². The zero-order chi connectivity index (χ0) is 14.3. The molecule has 0 aromatic carbocycles. The highest BCUT2D eigenvalue weighted by molar-refractivity contribution is 5.66. The van der Waals surface area contributed by atoms with Crippen LogP contribution in [0.2, 0.25) is 0 Å². The molecule has 1 aromatic heterocycles. The molecule has 0 amide bonds. The van der Waals surface area contributed by atoms with E-state index in [1.54, 1.807) is 0 Å². The van der Waals surface area contributed by atoms with Gasteiger partial charge in [-0.15, -0.1) is 0 Å². The average molecular weight is 267 g/mol. The van der Waals surface area contributed by atoms with Crippen LogP contribution in [-0.4, -0.2) is 38.1 Å². The standard InChI is InChI=1S/C14H25N3O2/c1-4-7-17-11-15-9-13(17)10-16(12(2)3)8-5-6-14(18)19/h9,11-12H,4-8,10H2,1-3H3,(H,18,19). The summed E-state index contributed by atoms with van der Waals surface area (Å²) in [5.41, 5.74) is 1.20. The number of aromatic nitrogens is 2. The van der Waals surface area contributed by atoms with Crippen LogP contribution < -0.4 is 0 Å². The molecule has 5 nitrogen and oxygen atoms in total. The third-order valence-corrected chi connectivity index (χ3v) is 3.19. The van der Waals surface area contributed by atoms with Crippen molar-refractivity contribution in [3.8, 4) is 0 Å². The normalized spacial score (nSPS) is 11.4. The maximum atomic E-state index is 10.6. The molecule has 0 fully saturated rings. The number of carboxylic acids is 1. The highest BCUT2D eigenvalue weighted by Gasteiger charge is 2.13. The summed E-state index contributed by atoms with van der Waals surface area (Å²) in [5.74, 6) is -0.722. The number of hydrogen-bond donors (Lipinski definition) is 1. The van der Waals surface area contributed by atoms with Crippen LogP contribution in [0.3, 0.4) is 0 Å². The third kappa shape index (κ3) is 5.42. The van der Waals surface area contributed by atoms with Gasteiger partial charge in [0, 0.05) is 31.7 Å². The SMILES string of the molecule is CCCn1cncc1CN(CCCC(=O)O)C(C)C. The van der Waals surface area contributed by atoms with Gasteiger partial charge in [-0.1, -0.05) is 6.92 Å². The molecule has 5 heteroatoms. The highest BCUT2D eigenvalue weighted by Crippen LogP contribution is 2.10. The Morgan fingerprint density at radius 1 is 1.53 bits per heavy atom. The molecule has 1 N–H and O–H groups in total. The minimum Gasteiger partial charge on any atom is -0.481 e. The van der Waals surface area contributed by atoms with E-state index in [1.807, 2.05) is 12.5 Å². The minimum absolute atomic E-state index is 0.234. The number of carbonyl (C=O) groups is 1. The molecule has 1 aromatic rings. The molecule has 0 spiro atoms. The summed E-state index contributed by atoms with van der Waals surface area (Å²) < 4.78 is 2.17. The van der Waals surface area contributed by atoms with Crippen molar-refractivity contribution in [3.05, 3.63) is 18.2 Å². The summed E-state index contributed by atoms with van der Waals surface area (Å²) in [7, 11) is 0. The summed E-state index contributed by atoms with van der Waals surface area (Å²) >= 11 is 0. The lowest BCUT2D eigenvalue weighted by Crippen LogP contribution is -2.32. The maximum absolute atomic E-state index is 10.6. The van der Waals surface area contributed by atoms with Crippen molar-refractivity contribution in [2.24, 2.45) is 0 Å². The molecule has 19 heavy (non-hydrogen) atoms. The zero-order valence-electron chi connectivity index (χ0n) is 12.2. The smallest absolute Gasteiger partial charge is 0.303 e.